The lowest BCUT2D eigenvalue weighted by molar-refractivity contribution is -0.0676. The van der Waals surface area contributed by atoms with Crippen LogP contribution in [0.2, 0.25) is 5.02 Å². The summed E-state index contributed by atoms with van der Waals surface area (Å²) >= 11 is 6.77. The van der Waals surface area contributed by atoms with Crippen molar-refractivity contribution in [3.8, 4) is 5.69 Å². The van der Waals surface area contributed by atoms with E-state index in [1.54, 1.807) is 18.5 Å². The second kappa shape index (κ2) is 12.4. The van der Waals surface area contributed by atoms with Crippen molar-refractivity contribution in [3.63, 3.8) is 0 Å². The number of piperidine rings is 2. The predicted molar refractivity (Wildman–Crippen MR) is 162 cm³/mol. The number of carbonyl (C=O) groups excluding carboxylic acids is 1. The number of hydrogen-bond acceptors (Lipinski definition) is 4. The van der Waals surface area contributed by atoms with E-state index in [4.69, 9.17) is 11.6 Å². The number of urea groups is 1. The fourth-order valence-corrected chi connectivity index (χ4v) is 6.39. The zero-order valence-electron chi connectivity index (χ0n) is 23.4. The van der Waals surface area contributed by atoms with E-state index in [2.05, 4.69) is 48.3 Å². The number of alkyl halides is 2. The van der Waals surface area contributed by atoms with Crippen LogP contribution < -0.4 is 10.6 Å². The highest BCUT2D eigenvalue weighted by molar-refractivity contribution is 6.32. The predicted octanol–water partition coefficient (Wildman–Crippen LogP) is 6.70. The van der Waals surface area contributed by atoms with Gasteiger partial charge in [0.1, 0.15) is 0 Å². The average molecular weight is 593 g/mol. The van der Waals surface area contributed by atoms with Crippen LogP contribution in [0.1, 0.15) is 36.8 Å². The normalized spacial score (nSPS) is 18.3. The van der Waals surface area contributed by atoms with Crippen LogP contribution in [0.25, 0.3) is 16.6 Å². The fraction of sp³-hybridized carbons (Fsp3) is 0.375. The van der Waals surface area contributed by atoms with Crippen molar-refractivity contribution in [2.75, 3.05) is 31.5 Å². The Hall–Kier alpha value is -3.53. The number of halogens is 3. The highest BCUT2D eigenvalue weighted by Gasteiger charge is 2.37. The van der Waals surface area contributed by atoms with Crippen LogP contribution in [-0.4, -0.2) is 63.5 Å². The molecule has 2 aromatic heterocycles. The zero-order valence-corrected chi connectivity index (χ0v) is 24.2. The number of hydrogen-bond donors (Lipinski definition) is 2. The molecule has 2 saturated heterocycles. The highest BCUT2D eigenvalue weighted by Crippen LogP contribution is 2.33. The molecule has 2 aliphatic heterocycles. The summed E-state index contributed by atoms with van der Waals surface area (Å²) in [6.07, 6.45) is 7.51. The minimum atomic E-state index is -2.50. The van der Waals surface area contributed by atoms with Gasteiger partial charge < -0.3 is 15.2 Å². The van der Waals surface area contributed by atoms with E-state index in [1.807, 2.05) is 36.4 Å². The summed E-state index contributed by atoms with van der Waals surface area (Å²) in [6, 6.07) is 17.6. The Morgan fingerprint density at radius 1 is 1.02 bits per heavy atom. The molecule has 2 amide bonds. The van der Waals surface area contributed by atoms with Gasteiger partial charge in [-0.3, -0.25) is 14.8 Å². The number of rotatable bonds is 7. The summed E-state index contributed by atoms with van der Waals surface area (Å²) in [6.45, 7) is 4.07. The number of aromatic nitrogens is 2. The number of nitrogens with zero attached hydrogens (tertiary/aromatic N) is 4. The SMILES string of the molecule is O=C(NCc1cccnc1)Nc1ccc(-n2cc(CN3CCC(N4CCC(F)(F)CC4)CC3)c3ccccc32)c(Cl)c1. The Morgan fingerprint density at radius 3 is 2.55 bits per heavy atom. The maximum atomic E-state index is 13.6. The first kappa shape index (κ1) is 28.6. The molecular weight excluding hydrogens is 558 g/mol. The molecule has 0 bridgehead atoms. The lowest BCUT2D eigenvalue weighted by Crippen LogP contribution is -2.49. The number of pyridine rings is 1. The largest absolute Gasteiger partial charge is 0.334 e. The van der Waals surface area contributed by atoms with Gasteiger partial charge in [0.05, 0.1) is 16.2 Å². The molecule has 4 aromatic rings. The minimum absolute atomic E-state index is 0.0221. The topological polar surface area (TPSA) is 65.4 Å². The molecule has 6 rings (SSSR count). The molecule has 2 N–H and O–H groups in total. The quantitative estimate of drug-likeness (QED) is 0.251. The number of nitrogens with one attached hydrogen (secondary N) is 2. The molecule has 7 nitrogen and oxygen atoms in total. The van der Waals surface area contributed by atoms with Crippen LogP contribution in [0.4, 0.5) is 19.3 Å². The molecule has 220 valence electrons. The van der Waals surface area contributed by atoms with Gasteiger partial charge in [0.25, 0.3) is 5.92 Å². The third kappa shape index (κ3) is 6.59. The molecule has 0 aliphatic carbocycles. The van der Waals surface area contributed by atoms with Crippen LogP contribution in [0, 0.1) is 0 Å². The number of anilines is 1. The van der Waals surface area contributed by atoms with Crippen molar-refractivity contribution in [1.82, 2.24) is 24.7 Å². The first-order valence-corrected chi connectivity index (χ1v) is 14.9. The number of benzene rings is 2. The fourth-order valence-electron chi connectivity index (χ4n) is 6.12. The van der Waals surface area contributed by atoms with Gasteiger partial charge >= 0.3 is 6.03 Å². The van der Waals surface area contributed by atoms with Crippen LogP contribution in [0.5, 0.6) is 0 Å². The summed E-state index contributed by atoms with van der Waals surface area (Å²) in [5, 5.41) is 7.38. The van der Waals surface area contributed by atoms with Crippen molar-refractivity contribution < 1.29 is 13.6 Å². The molecule has 2 aromatic carbocycles. The Labute approximate surface area is 249 Å². The van der Waals surface area contributed by atoms with E-state index in [1.165, 1.54) is 10.9 Å². The Balaban J connectivity index is 1.11. The van der Waals surface area contributed by atoms with Gasteiger partial charge in [0.15, 0.2) is 0 Å². The van der Waals surface area contributed by atoms with E-state index < -0.39 is 5.92 Å². The third-order valence-electron chi connectivity index (χ3n) is 8.43. The van der Waals surface area contributed by atoms with Crippen LogP contribution >= 0.6 is 11.6 Å². The van der Waals surface area contributed by atoms with E-state index >= 15 is 0 Å². The van der Waals surface area contributed by atoms with Crippen molar-refractivity contribution in [2.24, 2.45) is 0 Å². The van der Waals surface area contributed by atoms with Gasteiger partial charge in [-0.15, -0.1) is 0 Å². The number of para-hydroxylation sites is 1. The molecule has 0 atom stereocenters. The van der Waals surface area contributed by atoms with Crippen LogP contribution in [-0.2, 0) is 13.1 Å². The van der Waals surface area contributed by atoms with Crippen molar-refractivity contribution in [1.29, 1.82) is 0 Å². The van der Waals surface area contributed by atoms with E-state index in [0.29, 0.717) is 36.4 Å². The lowest BCUT2D eigenvalue weighted by atomic mass is 9.98. The highest BCUT2D eigenvalue weighted by atomic mass is 35.5. The molecule has 2 aliphatic rings. The molecule has 4 heterocycles. The first-order chi connectivity index (χ1) is 20.3. The van der Waals surface area contributed by atoms with Crippen molar-refractivity contribution >= 4 is 34.2 Å². The van der Waals surface area contributed by atoms with Gasteiger partial charge in [0.2, 0.25) is 0 Å². The monoisotopic (exact) mass is 592 g/mol. The zero-order chi connectivity index (χ0) is 29.1. The van der Waals surface area contributed by atoms with E-state index in [-0.39, 0.29) is 18.9 Å². The minimum Gasteiger partial charge on any atom is -0.334 e. The standard InChI is InChI=1S/C32H35ClF2N6O/c33-28-18-25(38-31(42)37-20-23-4-3-13-36-19-23)7-8-30(28)41-22-24(27-5-1-2-6-29(27)41)21-39-14-9-26(10-15-39)40-16-11-32(34,35)12-17-40/h1-8,13,18-19,22,26H,9-12,14-17,20-21H2,(H2,37,38,42). The maximum absolute atomic E-state index is 13.6. The number of likely N-dealkylation sites (tertiary alicyclic amines) is 2. The second-order valence-corrected chi connectivity index (χ2v) is 11.7. The van der Waals surface area contributed by atoms with Gasteiger partial charge in [-0.2, -0.15) is 0 Å². The second-order valence-electron chi connectivity index (χ2n) is 11.3. The summed E-state index contributed by atoms with van der Waals surface area (Å²) < 4.78 is 29.3. The van der Waals surface area contributed by atoms with Crippen LogP contribution in [0.3, 0.4) is 0 Å². The average Bonchev–Trinajstić information content (AvgIpc) is 3.35. The molecule has 0 unspecified atom stereocenters. The Kier molecular flexibility index (Phi) is 8.42. The lowest BCUT2D eigenvalue weighted by Gasteiger charge is -2.41. The van der Waals surface area contributed by atoms with Gasteiger partial charge in [-0.25, -0.2) is 13.6 Å². The summed E-state index contributed by atoms with van der Waals surface area (Å²) in [7, 11) is 0. The first-order valence-electron chi connectivity index (χ1n) is 14.5. The maximum Gasteiger partial charge on any atom is 0.319 e. The molecular formula is C32H35ClF2N6O. The van der Waals surface area contributed by atoms with Crippen molar-refractivity contribution in [3.05, 3.63) is 89.3 Å². The number of fused-ring (bicyclic) bond motifs is 1. The summed E-state index contributed by atoms with van der Waals surface area (Å²) in [5.74, 6) is -2.50. The molecule has 0 spiro atoms. The Bertz CT molecular complexity index is 1530. The van der Waals surface area contributed by atoms with E-state index in [9.17, 15) is 13.6 Å². The molecule has 0 radical (unpaired) electrons. The smallest absolute Gasteiger partial charge is 0.319 e. The van der Waals surface area contributed by atoms with Crippen LogP contribution in [0.15, 0.2) is 73.2 Å². The molecule has 0 saturated carbocycles. The number of amides is 2. The van der Waals surface area contributed by atoms with Crippen molar-refractivity contribution in [2.45, 2.75) is 50.7 Å². The molecule has 10 heteroatoms. The summed E-state index contributed by atoms with van der Waals surface area (Å²) in [5.41, 5.74) is 4.63. The summed E-state index contributed by atoms with van der Waals surface area (Å²) in [4.78, 5) is 21.2. The van der Waals surface area contributed by atoms with Gasteiger partial charge in [-0.05, 0) is 67.4 Å². The molecule has 2 fully saturated rings. The van der Waals surface area contributed by atoms with E-state index in [0.717, 1.165) is 49.2 Å². The van der Waals surface area contributed by atoms with Gasteiger partial charge in [-0.1, -0.05) is 35.9 Å². The number of carbonyl (C=O) groups is 1. The Morgan fingerprint density at radius 2 is 1.81 bits per heavy atom. The van der Waals surface area contributed by atoms with Gasteiger partial charge in [0, 0.05) is 74.7 Å². The third-order valence-corrected chi connectivity index (χ3v) is 8.74. The molecule has 42 heavy (non-hydrogen) atoms.